The van der Waals surface area contributed by atoms with Crippen LogP contribution in [0.25, 0.3) is 0 Å². The molecular weight excluding hydrogens is 222 g/mol. The topological polar surface area (TPSA) is 42.1 Å². The smallest absolute Gasteiger partial charge is 0.123 e. The molecule has 0 aliphatic rings. The summed E-state index contributed by atoms with van der Waals surface area (Å²) in [6.45, 7) is 4.99. The first-order valence-electron chi connectivity index (χ1n) is 6.05. The Balaban J connectivity index is 2.19. The van der Waals surface area contributed by atoms with Gasteiger partial charge in [-0.15, -0.1) is 0 Å². The van der Waals surface area contributed by atoms with Gasteiger partial charge in [-0.2, -0.15) is 0 Å². The minimum atomic E-state index is 0.571. The lowest BCUT2D eigenvalue weighted by Gasteiger charge is -2.20. The normalized spacial score (nSPS) is 10.4. The number of anilines is 2. The number of nitrogen functional groups attached to an aromatic ring is 1. The van der Waals surface area contributed by atoms with Crippen LogP contribution in [0.3, 0.4) is 0 Å². The largest absolute Gasteiger partial charge is 0.384 e. The molecule has 0 saturated heterocycles. The molecule has 2 aromatic rings. The third kappa shape index (κ3) is 3.00. The van der Waals surface area contributed by atoms with Gasteiger partial charge in [0.05, 0.1) is 12.2 Å². The van der Waals surface area contributed by atoms with Gasteiger partial charge in [-0.1, -0.05) is 12.1 Å². The van der Waals surface area contributed by atoms with Crippen molar-refractivity contribution in [2.24, 2.45) is 0 Å². The van der Waals surface area contributed by atoms with E-state index in [0.29, 0.717) is 5.82 Å². The van der Waals surface area contributed by atoms with E-state index in [9.17, 15) is 0 Å². The summed E-state index contributed by atoms with van der Waals surface area (Å²) in [7, 11) is 2.07. The van der Waals surface area contributed by atoms with Crippen LogP contribution in [0, 0.1) is 13.8 Å². The highest BCUT2D eigenvalue weighted by atomic mass is 15.1. The second kappa shape index (κ2) is 5.08. The van der Waals surface area contributed by atoms with E-state index in [-0.39, 0.29) is 0 Å². The lowest BCUT2D eigenvalue weighted by molar-refractivity contribution is 0.886. The summed E-state index contributed by atoms with van der Waals surface area (Å²) < 4.78 is 0. The van der Waals surface area contributed by atoms with Crippen molar-refractivity contribution in [1.29, 1.82) is 0 Å². The van der Waals surface area contributed by atoms with Gasteiger partial charge in [0.25, 0.3) is 0 Å². The Bertz CT molecular complexity index is 529. The summed E-state index contributed by atoms with van der Waals surface area (Å²) in [5, 5.41) is 0. The molecule has 0 aliphatic carbocycles. The Hall–Kier alpha value is -2.03. The SMILES string of the molecule is Cc1cc(C)cc(N(C)Cc2cccc(N)n2)c1. The fourth-order valence-electron chi connectivity index (χ4n) is 2.09. The molecule has 0 bridgehead atoms. The Labute approximate surface area is 108 Å². The molecule has 0 spiro atoms. The second-order valence-electron chi connectivity index (χ2n) is 4.76. The minimum Gasteiger partial charge on any atom is -0.384 e. The van der Waals surface area contributed by atoms with Crippen molar-refractivity contribution < 1.29 is 0 Å². The highest BCUT2D eigenvalue weighted by Gasteiger charge is 2.04. The summed E-state index contributed by atoms with van der Waals surface area (Å²) in [5.41, 5.74) is 10.4. The van der Waals surface area contributed by atoms with Crippen LogP contribution in [0.15, 0.2) is 36.4 Å². The summed E-state index contributed by atoms with van der Waals surface area (Å²) in [6, 6.07) is 12.3. The van der Waals surface area contributed by atoms with Crippen LogP contribution in [0.1, 0.15) is 16.8 Å². The zero-order valence-corrected chi connectivity index (χ0v) is 11.1. The van der Waals surface area contributed by atoms with E-state index in [1.54, 1.807) is 6.07 Å². The van der Waals surface area contributed by atoms with E-state index >= 15 is 0 Å². The van der Waals surface area contributed by atoms with Crippen LogP contribution >= 0.6 is 0 Å². The van der Waals surface area contributed by atoms with Gasteiger partial charge in [0.15, 0.2) is 0 Å². The average molecular weight is 241 g/mol. The van der Waals surface area contributed by atoms with Gasteiger partial charge in [0.2, 0.25) is 0 Å². The van der Waals surface area contributed by atoms with Crippen LogP contribution in [0.4, 0.5) is 11.5 Å². The Kier molecular flexibility index (Phi) is 3.51. The third-order valence-electron chi connectivity index (χ3n) is 2.87. The fraction of sp³-hybridized carbons (Fsp3) is 0.267. The lowest BCUT2D eigenvalue weighted by atomic mass is 10.1. The lowest BCUT2D eigenvalue weighted by Crippen LogP contribution is -2.17. The second-order valence-corrected chi connectivity index (χ2v) is 4.76. The standard InChI is InChI=1S/C15H19N3/c1-11-7-12(2)9-14(8-11)18(3)10-13-5-4-6-15(16)17-13/h4-9H,10H2,1-3H3,(H2,16,17). The van der Waals surface area contributed by atoms with Crippen molar-refractivity contribution in [3.63, 3.8) is 0 Å². The van der Waals surface area contributed by atoms with Gasteiger partial charge in [-0.3, -0.25) is 0 Å². The third-order valence-corrected chi connectivity index (χ3v) is 2.87. The van der Waals surface area contributed by atoms with Gasteiger partial charge in [0.1, 0.15) is 5.82 Å². The van der Waals surface area contributed by atoms with Crippen LogP contribution < -0.4 is 10.6 Å². The molecule has 0 atom stereocenters. The molecule has 94 valence electrons. The van der Waals surface area contributed by atoms with Crippen LogP contribution in [0.5, 0.6) is 0 Å². The number of rotatable bonds is 3. The van der Waals surface area contributed by atoms with Crippen LogP contribution in [-0.2, 0) is 6.54 Å². The van der Waals surface area contributed by atoms with Crippen molar-refractivity contribution in [3.05, 3.63) is 53.2 Å². The van der Waals surface area contributed by atoms with Crippen molar-refractivity contribution in [3.8, 4) is 0 Å². The number of hydrogen-bond donors (Lipinski definition) is 1. The first-order chi connectivity index (χ1) is 8.54. The fourth-order valence-corrected chi connectivity index (χ4v) is 2.09. The number of benzene rings is 1. The average Bonchev–Trinajstić information content (AvgIpc) is 2.27. The van der Waals surface area contributed by atoms with E-state index in [4.69, 9.17) is 5.73 Å². The molecule has 1 aromatic heterocycles. The van der Waals surface area contributed by atoms with Gasteiger partial charge in [-0.25, -0.2) is 4.98 Å². The summed E-state index contributed by atoms with van der Waals surface area (Å²) in [6.07, 6.45) is 0. The maximum absolute atomic E-state index is 5.69. The molecule has 1 aromatic carbocycles. The molecule has 0 amide bonds. The molecule has 18 heavy (non-hydrogen) atoms. The number of aryl methyl sites for hydroxylation is 2. The van der Waals surface area contributed by atoms with E-state index in [1.165, 1.54) is 16.8 Å². The molecule has 2 N–H and O–H groups in total. The van der Waals surface area contributed by atoms with Gasteiger partial charge in [0, 0.05) is 12.7 Å². The maximum Gasteiger partial charge on any atom is 0.123 e. The Morgan fingerprint density at radius 2 is 1.78 bits per heavy atom. The molecule has 0 aliphatic heterocycles. The number of nitrogens with two attached hydrogens (primary N) is 1. The molecule has 3 heteroatoms. The predicted molar refractivity (Wildman–Crippen MR) is 76.7 cm³/mol. The monoisotopic (exact) mass is 241 g/mol. The highest BCUT2D eigenvalue weighted by molar-refractivity contribution is 5.50. The number of aromatic nitrogens is 1. The molecular formula is C15H19N3. The van der Waals surface area contributed by atoms with Crippen molar-refractivity contribution in [1.82, 2.24) is 4.98 Å². The quantitative estimate of drug-likeness (QED) is 0.898. The van der Waals surface area contributed by atoms with E-state index in [0.717, 1.165) is 12.2 Å². The first-order valence-corrected chi connectivity index (χ1v) is 6.05. The van der Waals surface area contributed by atoms with Gasteiger partial charge < -0.3 is 10.6 Å². The van der Waals surface area contributed by atoms with E-state index in [2.05, 4.69) is 49.0 Å². The molecule has 2 rings (SSSR count). The van der Waals surface area contributed by atoms with Gasteiger partial charge >= 0.3 is 0 Å². The molecule has 0 fully saturated rings. The molecule has 1 heterocycles. The zero-order valence-electron chi connectivity index (χ0n) is 11.1. The number of pyridine rings is 1. The Morgan fingerprint density at radius 3 is 2.39 bits per heavy atom. The molecule has 3 nitrogen and oxygen atoms in total. The first kappa shape index (κ1) is 12.4. The summed E-state index contributed by atoms with van der Waals surface area (Å²) >= 11 is 0. The van der Waals surface area contributed by atoms with E-state index in [1.807, 2.05) is 12.1 Å². The molecule has 0 saturated carbocycles. The zero-order chi connectivity index (χ0) is 13.1. The Morgan fingerprint density at radius 1 is 1.11 bits per heavy atom. The number of hydrogen-bond acceptors (Lipinski definition) is 3. The maximum atomic E-state index is 5.69. The predicted octanol–water partition coefficient (Wildman–Crippen LogP) is 2.92. The van der Waals surface area contributed by atoms with E-state index < -0.39 is 0 Å². The molecule has 0 radical (unpaired) electrons. The minimum absolute atomic E-state index is 0.571. The summed E-state index contributed by atoms with van der Waals surface area (Å²) in [4.78, 5) is 6.50. The van der Waals surface area contributed by atoms with Crippen molar-refractivity contribution in [2.45, 2.75) is 20.4 Å². The van der Waals surface area contributed by atoms with Crippen molar-refractivity contribution in [2.75, 3.05) is 17.7 Å². The highest BCUT2D eigenvalue weighted by Crippen LogP contribution is 2.19. The molecule has 0 unspecified atom stereocenters. The number of nitrogens with zero attached hydrogens (tertiary/aromatic N) is 2. The van der Waals surface area contributed by atoms with Crippen LogP contribution in [-0.4, -0.2) is 12.0 Å². The van der Waals surface area contributed by atoms with Gasteiger partial charge in [-0.05, 0) is 49.2 Å². The summed E-state index contributed by atoms with van der Waals surface area (Å²) in [5.74, 6) is 0.571. The van der Waals surface area contributed by atoms with Crippen molar-refractivity contribution >= 4 is 11.5 Å². The van der Waals surface area contributed by atoms with Crippen LogP contribution in [0.2, 0.25) is 0 Å².